The first kappa shape index (κ1) is 15.3. The van der Waals surface area contributed by atoms with Gasteiger partial charge in [-0.3, -0.25) is 14.8 Å². The summed E-state index contributed by atoms with van der Waals surface area (Å²) in [7, 11) is 0. The molecule has 0 fully saturated rings. The number of hydrogen-bond acceptors (Lipinski definition) is 4. The SMILES string of the molecule is CCNc1ccc([N+](=O)[O-])cc1Cn1nc(C)c(Cl)c1C. The van der Waals surface area contributed by atoms with Crippen molar-refractivity contribution in [3.8, 4) is 0 Å². The number of nitrogens with one attached hydrogen (secondary N) is 1. The molecule has 0 bridgehead atoms. The number of nitro groups is 1. The van der Waals surface area contributed by atoms with Crippen molar-refractivity contribution in [3.05, 3.63) is 50.3 Å². The lowest BCUT2D eigenvalue weighted by molar-refractivity contribution is -0.384. The minimum atomic E-state index is -0.395. The van der Waals surface area contributed by atoms with Crippen LogP contribution in [0.5, 0.6) is 0 Å². The van der Waals surface area contributed by atoms with Gasteiger partial charge in [0.25, 0.3) is 5.69 Å². The molecule has 6 nitrogen and oxygen atoms in total. The molecule has 0 spiro atoms. The Labute approximate surface area is 127 Å². The number of benzene rings is 1. The molecule has 0 radical (unpaired) electrons. The van der Waals surface area contributed by atoms with Crippen LogP contribution in [-0.2, 0) is 6.54 Å². The van der Waals surface area contributed by atoms with Crippen molar-refractivity contribution in [1.29, 1.82) is 0 Å². The van der Waals surface area contributed by atoms with E-state index in [0.717, 1.165) is 29.2 Å². The van der Waals surface area contributed by atoms with Crippen molar-refractivity contribution in [2.45, 2.75) is 27.3 Å². The fourth-order valence-electron chi connectivity index (χ4n) is 2.18. The summed E-state index contributed by atoms with van der Waals surface area (Å²) in [5.41, 5.74) is 3.35. The van der Waals surface area contributed by atoms with Crippen LogP contribution in [0.3, 0.4) is 0 Å². The molecule has 21 heavy (non-hydrogen) atoms. The minimum Gasteiger partial charge on any atom is -0.385 e. The van der Waals surface area contributed by atoms with E-state index >= 15 is 0 Å². The van der Waals surface area contributed by atoms with E-state index in [-0.39, 0.29) is 5.69 Å². The third-order valence-electron chi connectivity index (χ3n) is 3.28. The van der Waals surface area contributed by atoms with Gasteiger partial charge in [0.15, 0.2) is 0 Å². The molecule has 0 saturated heterocycles. The van der Waals surface area contributed by atoms with Crippen molar-refractivity contribution < 1.29 is 4.92 Å². The van der Waals surface area contributed by atoms with E-state index in [4.69, 9.17) is 11.6 Å². The van der Waals surface area contributed by atoms with Crippen LogP contribution in [0, 0.1) is 24.0 Å². The Hall–Kier alpha value is -2.08. The molecule has 1 aromatic heterocycles. The molecule has 1 aromatic carbocycles. The van der Waals surface area contributed by atoms with Crippen LogP contribution >= 0.6 is 11.6 Å². The quantitative estimate of drug-likeness (QED) is 0.677. The molecular formula is C14H17ClN4O2. The number of halogens is 1. The van der Waals surface area contributed by atoms with Crippen LogP contribution in [0.1, 0.15) is 23.9 Å². The fraction of sp³-hybridized carbons (Fsp3) is 0.357. The average molecular weight is 309 g/mol. The van der Waals surface area contributed by atoms with Gasteiger partial charge >= 0.3 is 0 Å². The summed E-state index contributed by atoms with van der Waals surface area (Å²) in [6.07, 6.45) is 0. The van der Waals surface area contributed by atoms with Crippen LogP contribution < -0.4 is 5.32 Å². The van der Waals surface area contributed by atoms with Gasteiger partial charge in [-0.05, 0) is 26.8 Å². The van der Waals surface area contributed by atoms with Gasteiger partial charge in [0.1, 0.15) is 0 Å². The van der Waals surface area contributed by atoms with Gasteiger partial charge in [0.2, 0.25) is 0 Å². The zero-order chi connectivity index (χ0) is 15.6. The fourth-order valence-corrected chi connectivity index (χ4v) is 2.31. The molecule has 7 heteroatoms. The second-order valence-electron chi connectivity index (χ2n) is 4.77. The second-order valence-corrected chi connectivity index (χ2v) is 5.15. The lowest BCUT2D eigenvalue weighted by atomic mass is 10.1. The largest absolute Gasteiger partial charge is 0.385 e. The molecule has 0 aliphatic heterocycles. The smallest absolute Gasteiger partial charge is 0.269 e. The topological polar surface area (TPSA) is 73.0 Å². The van der Waals surface area contributed by atoms with Gasteiger partial charge in [-0.25, -0.2) is 0 Å². The maximum Gasteiger partial charge on any atom is 0.269 e. The van der Waals surface area contributed by atoms with E-state index in [1.807, 2.05) is 20.8 Å². The van der Waals surface area contributed by atoms with Gasteiger partial charge < -0.3 is 5.32 Å². The maximum atomic E-state index is 10.9. The Balaban J connectivity index is 2.42. The lowest BCUT2D eigenvalue weighted by Gasteiger charge is -2.12. The Morgan fingerprint density at radius 3 is 2.67 bits per heavy atom. The highest BCUT2D eigenvalue weighted by Crippen LogP contribution is 2.25. The average Bonchev–Trinajstić information content (AvgIpc) is 2.68. The standard InChI is InChI=1S/C14H17ClN4O2/c1-4-16-13-6-5-12(19(20)21)7-11(13)8-18-10(3)14(15)9(2)17-18/h5-7,16H,4,8H2,1-3H3. The van der Waals surface area contributed by atoms with Crippen LogP contribution in [0.15, 0.2) is 18.2 Å². The Morgan fingerprint density at radius 2 is 2.14 bits per heavy atom. The monoisotopic (exact) mass is 308 g/mol. The van der Waals surface area contributed by atoms with E-state index in [0.29, 0.717) is 11.6 Å². The maximum absolute atomic E-state index is 10.9. The summed E-state index contributed by atoms with van der Waals surface area (Å²) >= 11 is 6.14. The zero-order valence-corrected chi connectivity index (χ0v) is 12.9. The normalized spacial score (nSPS) is 10.7. The van der Waals surface area contributed by atoms with Crippen LogP contribution in [-0.4, -0.2) is 21.2 Å². The number of rotatable bonds is 5. The van der Waals surface area contributed by atoms with E-state index in [2.05, 4.69) is 10.4 Å². The van der Waals surface area contributed by atoms with Crippen molar-refractivity contribution in [3.63, 3.8) is 0 Å². The summed E-state index contributed by atoms with van der Waals surface area (Å²) in [5.74, 6) is 0. The lowest BCUT2D eigenvalue weighted by Crippen LogP contribution is -2.08. The molecule has 0 aliphatic rings. The van der Waals surface area contributed by atoms with Crippen LogP contribution in [0.4, 0.5) is 11.4 Å². The Bertz CT molecular complexity index is 682. The molecule has 0 atom stereocenters. The molecule has 1 N–H and O–H groups in total. The molecule has 0 amide bonds. The first-order valence-electron chi connectivity index (χ1n) is 6.64. The molecule has 0 saturated carbocycles. The predicted octanol–water partition coefficient (Wildman–Crippen LogP) is 3.54. The van der Waals surface area contributed by atoms with Crippen molar-refractivity contribution in [2.24, 2.45) is 0 Å². The number of nitro benzene ring substituents is 1. The number of non-ortho nitro benzene ring substituents is 1. The van der Waals surface area contributed by atoms with Crippen molar-refractivity contribution >= 4 is 23.0 Å². The van der Waals surface area contributed by atoms with E-state index in [1.165, 1.54) is 6.07 Å². The van der Waals surface area contributed by atoms with Crippen LogP contribution in [0.2, 0.25) is 5.02 Å². The highest BCUT2D eigenvalue weighted by Gasteiger charge is 2.14. The molecule has 1 heterocycles. The zero-order valence-electron chi connectivity index (χ0n) is 12.2. The van der Waals surface area contributed by atoms with Crippen molar-refractivity contribution in [1.82, 2.24) is 9.78 Å². The first-order chi connectivity index (χ1) is 9.93. The number of aromatic nitrogens is 2. The van der Waals surface area contributed by atoms with Gasteiger partial charge in [0, 0.05) is 29.9 Å². The summed E-state index contributed by atoms with van der Waals surface area (Å²) < 4.78 is 1.76. The number of nitrogens with zero attached hydrogens (tertiary/aromatic N) is 3. The molecule has 0 aliphatic carbocycles. The Morgan fingerprint density at radius 1 is 1.43 bits per heavy atom. The molecule has 0 unspecified atom stereocenters. The summed E-state index contributed by atoms with van der Waals surface area (Å²) in [4.78, 5) is 10.5. The third-order valence-corrected chi connectivity index (χ3v) is 3.83. The van der Waals surface area contributed by atoms with Crippen molar-refractivity contribution in [2.75, 3.05) is 11.9 Å². The van der Waals surface area contributed by atoms with E-state index < -0.39 is 4.92 Å². The molecule has 2 rings (SSSR count). The highest BCUT2D eigenvalue weighted by molar-refractivity contribution is 6.31. The summed E-state index contributed by atoms with van der Waals surface area (Å²) in [6.45, 7) is 6.87. The van der Waals surface area contributed by atoms with Gasteiger partial charge in [-0.1, -0.05) is 11.6 Å². The summed E-state index contributed by atoms with van der Waals surface area (Å²) in [6, 6.07) is 4.79. The number of anilines is 1. The molecular weight excluding hydrogens is 292 g/mol. The highest BCUT2D eigenvalue weighted by atomic mass is 35.5. The minimum absolute atomic E-state index is 0.0688. The van der Waals surface area contributed by atoms with E-state index in [1.54, 1.807) is 16.8 Å². The Kier molecular flexibility index (Phi) is 4.47. The van der Waals surface area contributed by atoms with Crippen LogP contribution in [0.25, 0.3) is 0 Å². The van der Waals surface area contributed by atoms with Gasteiger partial charge in [-0.2, -0.15) is 5.10 Å². The predicted molar refractivity (Wildman–Crippen MR) is 83.1 cm³/mol. The molecule has 112 valence electrons. The molecule has 2 aromatic rings. The first-order valence-corrected chi connectivity index (χ1v) is 7.02. The second kappa shape index (κ2) is 6.13. The number of hydrogen-bond donors (Lipinski definition) is 1. The number of aryl methyl sites for hydroxylation is 1. The summed E-state index contributed by atoms with van der Waals surface area (Å²) in [5, 5.41) is 19.1. The van der Waals surface area contributed by atoms with E-state index in [9.17, 15) is 10.1 Å². The van der Waals surface area contributed by atoms with Gasteiger partial charge in [0.05, 0.1) is 27.9 Å². The van der Waals surface area contributed by atoms with Gasteiger partial charge in [-0.15, -0.1) is 0 Å². The third kappa shape index (κ3) is 3.16.